The summed E-state index contributed by atoms with van der Waals surface area (Å²) in [6.07, 6.45) is -1.50. The van der Waals surface area contributed by atoms with Gasteiger partial charge in [-0.1, -0.05) is 66.7 Å². The Morgan fingerprint density at radius 1 is 0.949 bits per heavy atom. The van der Waals surface area contributed by atoms with E-state index in [1.807, 2.05) is 12.1 Å². The predicted octanol–water partition coefficient (Wildman–Crippen LogP) is 1.84. The number of esters is 1. The molecule has 39 heavy (non-hydrogen) atoms. The number of para-hydroxylation sites is 1. The first-order valence-electron chi connectivity index (χ1n) is 12.3. The van der Waals surface area contributed by atoms with Gasteiger partial charge in [-0.2, -0.15) is 4.31 Å². The summed E-state index contributed by atoms with van der Waals surface area (Å²) in [6.45, 7) is 1.06. The molecular weight excluding hydrogens is 522 g/mol. The maximum absolute atomic E-state index is 13.7. The van der Waals surface area contributed by atoms with Crippen molar-refractivity contribution in [3.8, 4) is 5.75 Å². The highest BCUT2D eigenvalue weighted by Crippen LogP contribution is 2.37. The van der Waals surface area contributed by atoms with E-state index in [-0.39, 0.29) is 24.7 Å². The monoisotopic (exact) mass is 549 g/mol. The van der Waals surface area contributed by atoms with Gasteiger partial charge in [0.05, 0.1) is 10.9 Å². The third-order valence-electron chi connectivity index (χ3n) is 6.71. The summed E-state index contributed by atoms with van der Waals surface area (Å²) in [5.74, 6) is -1.49. The summed E-state index contributed by atoms with van der Waals surface area (Å²) < 4.78 is 39.4. The minimum atomic E-state index is -4.19. The molecule has 2 saturated heterocycles. The van der Waals surface area contributed by atoms with Crippen molar-refractivity contribution < 1.29 is 32.3 Å². The molecule has 2 aliphatic heterocycles. The molecule has 0 saturated carbocycles. The third-order valence-corrected chi connectivity index (χ3v) is 8.69. The zero-order valence-corrected chi connectivity index (χ0v) is 21.9. The highest BCUT2D eigenvalue weighted by Gasteiger charge is 2.63. The maximum atomic E-state index is 13.7. The van der Waals surface area contributed by atoms with E-state index < -0.39 is 46.1 Å². The number of hydrogen-bond donors (Lipinski definition) is 1. The van der Waals surface area contributed by atoms with Crippen LogP contribution < -0.4 is 10.1 Å². The van der Waals surface area contributed by atoms with Crippen LogP contribution in [-0.4, -0.2) is 66.8 Å². The summed E-state index contributed by atoms with van der Waals surface area (Å²) in [6, 6.07) is 22.3. The lowest BCUT2D eigenvalue weighted by Crippen LogP contribution is -2.71. The molecule has 1 N–H and O–H groups in total. The Morgan fingerprint density at radius 3 is 2.28 bits per heavy atom. The molecule has 0 aromatic heterocycles. The minimum absolute atomic E-state index is 0.0256. The second kappa shape index (κ2) is 10.9. The van der Waals surface area contributed by atoms with Gasteiger partial charge in [0, 0.05) is 6.54 Å². The first-order valence-corrected chi connectivity index (χ1v) is 13.8. The molecule has 0 spiro atoms. The summed E-state index contributed by atoms with van der Waals surface area (Å²) >= 11 is 0. The first kappa shape index (κ1) is 26.4. The van der Waals surface area contributed by atoms with Gasteiger partial charge >= 0.3 is 5.97 Å². The maximum Gasteiger partial charge on any atom is 0.345 e. The summed E-state index contributed by atoms with van der Waals surface area (Å²) in [5, 5.41) is 2.62. The molecule has 2 heterocycles. The molecule has 0 bridgehead atoms. The minimum Gasteiger partial charge on any atom is -0.484 e. The molecule has 2 aliphatic rings. The van der Waals surface area contributed by atoms with Crippen LogP contribution in [0.2, 0.25) is 0 Å². The number of nitrogens with one attached hydrogen (secondary N) is 1. The lowest BCUT2D eigenvalue weighted by atomic mass is 9.96. The van der Waals surface area contributed by atoms with E-state index in [9.17, 15) is 22.8 Å². The fourth-order valence-corrected chi connectivity index (χ4v) is 6.54. The van der Waals surface area contributed by atoms with Crippen molar-refractivity contribution in [1.82, 2.24) is 14.5 Å². The van der Waals surface area contributed by atoms with Gasteiger partial charge in [0.2, 0.25) is 15.9 Å². The fourth-order valence-electron chi connectivity index (χ4n) is 4.76. The Morgan fingerprint density at radius 2 is 1.59 bits per heavy atom. The van der Waals surface area contributed by atoms with E-state index in [4.69, 9.17) is 9.47 Å². The van der Waals surface area contributed by atoms with Crippen LogP contribution in [0.25, 0.3) is 0 Å². The summed E-state index contributed by atoms with van der Waals surface area (Å²) in [7, 11) is -4.19. The molecule has 11 heteroatoms. The number of sulfonamides is 1. The van der Waals surface area contributed by atoms with Crippen LogP contribution in [0.5, 0.6) is 5.75 Å². The number of carbonyl (C=O) groups excluding carboxylic acids is 3. The van der Waals surface area contributed by atoms with Crippen molar-refractivity contribution in [3.63, 3.8) is 0 Å². The van der Waals surface area contributed by atoms with E-state index in [0.717, 1.165) is 4.31 Å². The number of fused-ring (bicyclic) bond motifs is 1. The number of ether oxygens (including phenoxy) is 2. The fraction of sp³-hybridized carbons (Fsp3) is 0.250. The first-order chi connectivity index (χ1) is 18.8. The van der Waals surface area contributed by atoms with Crippen molar-refractivity contribution in [1.29, 1.82) is 0 Å². The molecular formula is C28H27N3O7S. The number of amides is 2. The van der Waals surface area contributed by atoms with Gasteiger partial charge in [0.1, 0.15) is 18.4 Å². The average molecular weight is 550 g/mol. The second-order valence-electron chi connectivity index (χ2n) is 9.27. The molecule has 3 atom stereocenters. The molecule has 2 fully saturated rings. The van der Waals surface area contributed by atoms with Crippen molar-refractivity contribution in [2.45, 2.75) is 36.7 Å². The van der Waals surface area contributed by atoms with Gasteiger partial charge in [-0.15, -0.1) is 0 Å². The summed E-state index contributed by atoms with van der Waals surface area (Å²) in [5.41, 5.74) is 1.21. The van der Waals surface area contributed by atoms with Crippen LogP contribution in [0.1, 0.15) is 11.1 Å². The SMILES string of the molecule is Cc1ccccc1S(=O)(=O)N1CC2[C@@H](NC(=O)COc3ccccc3)C(=O)N2C1C(=O)OCc1ccccc1. The van der Waals surface area contributed by atoms with Crippen molar-refractivity contribution in [2.75, 3.05) is 13.2 Å². The molecule has 2 unspecified atom stereocenters. The predicted molar refractivity (Wildman–Crippen MR) is 140 cm³/mol. The molecule has 3 aromatic rings. The number of hydrogen-bond acceptors (Lipinski definition) is 7. The Hall–Kier alpha value is -4.22. The number of carbonyl (C=O) groups is 3. The van der Waals surface area contributed by atoms with Gasteiger partial charge in [-0.3, -0.25) is 9.59 Å². The second-order valence-corrected chi connectivity index (χ2v) is 11.1. The average Bonchev–Trinajstić information content (AvgIpc) is 3.32. The van der Waals surface area contributed by atoms with Gasteiger partial charge in [0.25, 0.3) is 5.91 Å². The molecule has 2 amide bonds. The number of nitrogens with zero attached hydrogens (tertiary/aromatic N) is 2. The summed E-state index contributed by atoms with van der Waals surface area (Å²) in [4.78, 5) is 40.2. The topological polar surface area (TPSA) is 122 Å². The van der Waals surface area contributed by atoms with Crippen molar-refractivity contribution in [2.24, 2.45) is 0 Å². The van der Waals surface area contributed by atoms with Gasteiger partial charge in [-0.05, 0) is 36.2 Å². The van der Waals surface area contributed by atoms with E-state index in [2.05, 4.69) is 5.32 Å². The molecule has 202 valence electrons. The van der Waals surface area contributed by atoms with Crippen LogP contribution in [0.15, 0.2) is 89.8 Å². The van der Waals surface area contributed by atoms with Crippen molar-refractivity contribution >= 4 is 27.8 Å². The van der Waals surface area contributed by atoms with Crippen LogP contribution in [0.3, 0.4) is 0 Å². The van der Waals surface area contributed by atoms with Crippen molar-refractivity contribution in [3.05, 3.63) is 96.1 Å². The number of rotatable bonds is 9. The van der Waals surface area contributed by atoms with E-state index in [1.165, 1.54) is 11.0 Å². The standard InChI is InChI=1S/C28H27N3O7S/c1-19-10-8-9-15-23(19)39(35,36)30-16-22-25(29-24(32)18-37-21-13-6-3-7-14-21)27(33)31(22)26(30)28(34)38-17-20-11-4-2-5-12-20/h2-15,22,25-26H,16-18H2,1H3,(H,29,32)/t22?,25-,26?/m1/s1. The highest BCUT2D eigenvalue weighted by molar-refractivity contribution is 7.89. The highest BCUT2D eigenvalue weighted by atomic mass is 32.2. The molecule has 5 rings (SSSR count). The Balaban J connectivity index is 1.35. The van der Waals surface area contributed by atoms with Crippen LogP contribution >= 0.6 is 0 Å². The molecule has 3 aromatic carbocycles. The molecule has 10 nitrogen and oxygen atoms in total. The van der Waals surface area contributed by atoms with Crippen LogP contribution in [0, 0.1) is 6.92 Å². The molecule has 0 radical (unpaired) electrons. The molecule has 0 aliphatic carbocycles. The zero-order valence-electron chi connectivity index (χ0n) is 21.1. The number of aryl methyl sites for hydroxylation is 1. The Kier molecular flexibility index (Phi) is 7.36. The smallest absolute Gasteiger partial charge is 0.345 e. The van der Waals surface area contributed by atoms with Crippen LogP contribution in [0.4, 0.5) is 0 Å². The van der Waals surface area contributed by atoms with Crippen LogP contribution in [-0.2, 0) is 35.8 Å². The number of benzene rings is 3. The lowest BCUT2D eigenvalue weighted by molar-refractivity contribution is -0.167. The largest absolute Gasteiger partial charge is 0.484 e. The lowest BCUT2D eigenvalue weighted by Gasteiger charge is -2.43. The number of β-lactam (4-membered cyclic amide) rings is 1. The normalized spacial score (nSPS) is 20.6. The van der Waals surface area contributed by atoms with E-state index in [1.54, 1.807) is 73.7 Å². The van der Waals surface area contributed by atoms with Gasteiger partial charge in [-0.25, -0.2) is 13.2 Å². The Bertz CT molecular complexity index is 1480. The third kappa shape index (κ3) is 5.23. The quantitative estimate of drug-likeness (QED) is 0.319. The zero-order chi connectivity index (χ0) is 27.6. The van der Waals surface area contributed by atoms with E-state index >= 15 is 0 Å². The van der Waals surface area contributed by atoms with E-state index in [0.29, 0.717) is 16.9 Å². The van der Waals surface area contributed by atoms with Gasteiger partial charge < -0.3 is 19.7 Å². The Labute approximate surface area is 226 Å². The van der Waals surface area contributed by atoms with Gasteiger partial charge in [0.15, 0.2) is 12.8 Å².